The number of fused-ring (bicyclic) bond motifs is 4. The van der Waals surface area contributed by atoms with Gasteiger partial charge in [0.15, 0.2) is 5.79 Å². The lowest BCUT2D eigenvalue weighted by Crippen LogP contribution is -2.53. The van der Waals surface area contributed by atoms with Crippen LogP contribution in [0.25, 0.3) is 11.1 Å². The Morgan fingerprint density at radius 2 is 1.62 bits per heavy atom. The summed E-state index contributed by atoms with van der Waals surface area (Å²) in [5.74, 6) is 0.740. The minimum absolute atomic E-state index is 0.161. The molecule has 2 aromatic carbocycles. The molecule has 5 aliphatic rings. The Bertz CT molecular complexity index is 1340. The molecule has 1 aliphatic heterocycles. The number of hydrogen-bond donors (Lipinski definition) is 1. The summed E-state index contributed by atoms with van der Waals surface area (Å²) in [6.45, 7) is 10.0. The SMILES string of the molecule is Cc1cc(C)c(-c2ccc(C3C[C@]4(C)C(=O)CCC4C4CC[C@@]5(O)CC6(CCC5=C34)OCCO6)cc2)c(C)c1. The van der Waals surface area contributed by atoms with Crippen LogP contribution < -0.4 is 0 Å². The van der Waals surface area contributed by atoms with Gasteiger partial charge in [-0.25, -0.2) is 0 Å². The number of aryl methyl sites for hydroxylation is 3. The Morgan fingerprint density at radius 3 is 2.31 bits per heavy atom. The summed E-state index contributed by atoms with van der Waals surface area (Å²) >= 11 is 0. The quantitative estimate of drug-likeness (QED) is 0.424. The van der Waals surface area contributed by atoms with E-state index >= 15 is 0 Å². The van der Waals surface area contributed by atoms with E-state index in [9.17, 15) is 9.90 Å². The van der Waals surface area contributed by atoms with Crippen molar-refractivity contribution in [1.29, 1.82) is 0 Å². The zero-order chi connectivity index (χ0) is 27.2. The predicted octanol–water partition coefficient (Wildman–Crippen LogP) is 7.12. The molecule has 1 heterocycles. The van der Waals surface area contributed by atoms with Crippen molar-refractivity contribution >= 4 is 5.78 Å². The van der Waals surface area contributed by atoms with E-state index in [0.29, 0.717) is 43.7 Å². The second-order valence-electron chi connectivity index (χ2n) is 13.5. The number of ether oxygens (including phenoxy) is 2. The zero-order valence-electron chi connectivity index (χ0n) is 23.9. The third-order valence-corrected chi connectivity index (χ3v) is 11.2. The number of hydrogen-bond acceptors (Lipinski definition) is 4. The van der Waals surface area contributed by atoms with Crippen LogP contribution in [0.15, 0.2) is 47.5 Å². The Morgan fingerprint density at radius 1 is 0.923 bits per heavy atom. The predicted molar refractivity (Wildman–Crippen MR) is 152 cm³/mol. The fraction of sp³-hybridized carbons (Fsp3) is 0.571. The highest BCUT2D eigenvalue weighted by Crippen LogP contribution is 2.64. The third kappa shape index (κ3) is 3.85. The maximum absolute atomic E-state index is 13.3. The molecule has 0 radical (unpaired) electrons. The number of benzene rings is 2. The van der Waals surface area contributed by atoms with Gasteiger partial charge in [-0.05, 0) is 98.1 Å². The number of carbonyl (C=O) groups is 1. The van der Waals surface area contributed by atoms with Gasteiger partial charge < -0.3 is 14.6 Å². The van der Waals surface area contributed by atoms with E-state index in [2.05, 4.69) is 64.1 Å². The molecule has 4 heteroatoms. The van der Waals surface area contributed by atoms with Crippen LogP contribution in [0.1, 0.15) is 86.5 Å². The highest BCUT2D eigenvalue weighted by Gasteiger charge is 2.60. The summed E-state index contributed by atoms with van der Waals surface area (Å²) in [7, 11) is 0. The molecule has 7 rings (SSSR count). The van der Waals surface area contributed by atoms with Gasteiger partial charge in [-0.2, -0.15) is 0 Å². The molecule has 1 spiro atoms. The number of ketones is 1. The van der Waals surface area contributed by atoms with E-state index in [1.54, 1.807) is 0 Å². The Balaban J connectivity index is 1.32. The summed E-state index contributed by atoms with van der Waals surface area (Å²) in [6.07, 6.45) is 6.37. The molecule has 2 aromatic rings. The smallest absolute Gasteiger partial charge is 0.171 e. The molecule has 0 aromatic heterocycles. The van der Waals surface area contributed by atoms with Crippen molar-refractivity contribution in [3.05, 3.63) is 69.8 Å². The van der Waals surface area contributed by atoms with Gasteiger partial charge >= 0.3 is 0 Å². The Hall–Kier alpha value is -2.27. The second kappa shape index (κ2) is 8.86. The summed E-state index contributed by atoms with van der Waals surface area (Å²) in [5, 5.41) is 12.2. The largest absolute Gasteiger partial charge is 0.385 e. The topological polar surface area (TPSA) is 55.8 Å². The lowest BCUT2D eigenvalue weighted by atomic mass is 9.51. The molecule has 4 fully saturated rings. The van der Waals surface area contributed by atoms with Crippen LogP contribution in [0.4, 0.5) is 0 Å². The molecule has 4 nitrogen and oxygen atoms in total. The molecule has 206 valence electrons. The van der Waals surface area contributed by atoms with Gasteiger partial charge in [0, 0.05) is 30.6 Å². The van der Waals surface area contributed by atoms with Crippen LogP contribution in [-0.2, 0) is 14.3 Å². The second-order valence-corrected chi connectivity index (χ2v) is 13.5. The van der Waals surface area contributed by atoms with Crippen molar-refractivity contribution in [3.8, 4) is 11.1 Å². The summed E-state index contributed by atoms with van der Waals surface area (Å²) in [4.78, 5) is 13.3. The zero-order valence-corrected chi connectivity index (χ0v) is 23.9. The molecule has 5 atom stereocenters. The van der Waals surface area contributed by atoms with E-state index in [4.69, 9.17) is 9.47 Å². The molecule has 0 bridgehead atoms. The van der Waals surface area contributed by atoms with Crippen LogP contribution in [0.3, 0.4) is 0 Å². The lowest BCUT2D eigenvalue weighted by molar-refractivity contribution is -0.208. The first-order valence-corrected chi connectivity index (χ1v) is 15.1. The molecule has 1 N–H and O–H groups in total. The Labute approximate surface area is 232 Å². The van der Waals surface area contributed by atoms with Crippen molar-refractivity contribution < 1.29 is 19.4 Å². The minimum Gasteiger partial charge on any atom is -0.385 e. The normalized spacial score (nSPS) is 35.2. The van der Waals surface area contributed by atoms with Crippen molar-refractivity contribution in [2.45, 2.75) is 96.4 Å². The molecule has 3 unspecified atom stereocenters. The average Bonchev–Trinajstić information content (AvgIpc) is 3.46. The highest BCUT2D eigenvalue weighted by atomic mass is 16.7. The van der Waals surface area contributed by atoms with E-state index in [-0.39, 0.29) is 11.3 Å². The number of aliphatic hydroxyl groups is 1. The van der Waals surface area contributed by atoms with Crippen molar-refractivity contribution in [2.24, 2.45) is 17.3 Å². The van der Waals surface area contributed by atoms with Crippen LogP contribution in [0, 0.1) is 38.0 Å². The molecular weight excluding hydrogens is 484 g/mol. The lowest BCUT2D eigenvalue weighted by Gasteiger charge is -2.55. The van der Waals surface area contributed by atoms with Crippen LogP contribution >= 0.6 is 0 Å². The number of allylic oxidation sites excluding steroid dienone is 1. The summed E-state index contributed by atoms with van der Waals surface area (Å²) in [5.41, 5.74) is 9.29. The van der Waals surface area contributed by atoms with Gasteiger partial charge in [-0.3, -0.25) is 4.79 Å². The molecule has 39 heavy (non-hydrogen) atoms. The first kappa shape index (κ1) is 25.7. The van der Waals surface area contributed by atoms with E-state index in [1.165, 1.54) is 44.5 Å². The van der Waals surface area contributed by atoms with E-state index in [0.717, 1.165) is 38.5 Å². The average molecular weight is 527 g/mol. The first-order valence-electron chi connectivity index (χ1n) is 15.1. The first-order chi connectivity index (χ1) is 18.6. The van der Waals surface area contributed by atoms with Crippen molar-refractivity contribution in [3.63, 3.8) is 0 Å². The van der Waals surface area contributed by atoms with Gasteiger partial charge in [0.2, 0.25) is 0 Å². The van der Waals surface area contributed by atoms with Gasteiger partial charge in [0.25, 0.3) is 0 Å². The summed E-state index contributed by atoms with van der Waals surface area (Å²) in [6, 6.07) is 13.7. The molecule has 3 saturated carbocycles. The number of Topliss-reactive ketones (excluding diaryl/α,β-unsaturated/α-hetero) is 1. The fourth-order valence-electron chi connectivity index (χ4n) is 9.60. The Kier molecular flexibility index (Phi) is 5.84. The molecule has 1 saturated heterocycles. The maximum atomic E-state index is 13.3. The molecule has 4 aliphatic carbocycles. The maximum Gasteiger partial charge on any atom is 0.171 e. The highest BCUT2D eigenvalue weighted by molar-refractivity contribution is 5.87. The molecule has 0 amide bonds. The standard InChI is InChI=1S/C35H42O4/c1-21-17-22(2)31(23(3)18-21)25-7-5-24(6-8-25)27-19-33(4)28(9-10-30(33)36)26-11-13-34(37)20-35(38-15-16-39-35)14-12-29(34)32(26)27/h5-8,17-18,26-28,37H,9-16,19-20H2,1-4H3/t26?,27?,28?,33-,34+/m0/s1. The van der Waals surface area contributed by atoms with Crippen molar-refractivity contribution in [2.75, 3.05) is 13.2 Å². The van der Waals surface area contributed by atoms with Gasteiger partial charge in [-0.1, -0.05) is 54.5 Å². The number of carbonyl (C=O) groups excluding carboxylic acids is 1. The van der Waals surface area contributed by atoms with Crippen molar-refractivity contribution in [1.82, 2.24) is 0 Å². The van der Waals surface area contributed by atoms with Crippen LogP contribution in [-0.4, -0.2) is 35.5 Å². The van der Waals surface area contributed by atoms with Gasteiger partial charge in [0.05, 0.1) is 18.8 Å². The fourth-order valence-corrected chi connectivity index (χ4v) is 9.60. The molecular formula is C35H42O4. The van der Waals surface area contributed by atoms with Crippen LogP contribution in [0.2, 0.25) is 0 Å². The van der Waals surface area contributed by atoms with E-state index < -0.39 is 11.4 Å². The monoisotopic (exact) mass is 526 g/mol. The van der Waals surface area contributed by atoms with Gasteiger partial charge in [-0.15, -0.1) is 0 Å². The summed E-state index contributed by atoms with van der Waals surface area (Å²) < 4.78 is 12.1. The third-order valence-electron chi connectivity index (χ3n) is 11.2. The van der Waals surface area contributed by atoms with E-state index in [1.807, 2.05) is 0 Å². The van der Waals surface area contributed by atoms with Crippen LogP contribution in [0.5, 0.6) is 0 Å². The number of rotatable bonds is 2. The van der Waals surface area contributed by atoms with Gasteiger partial charge in [0.1, 0.15) is 5.78 Å². The minimum atomic E-state index is -0.876.